The zero-order valence-corrected chi connectivity index (χ0v) is 22.4. The quantitative estimate of drug-likeness (QED) is 0.391. The smallest absolute Gasteiger partial charge is 0.244 e. The zero-order valence-electron chi connectivity index (χ0n) is 20.9. The molecule has 11 heteroatoms. The molecule has 0 saturated carbocycles. The lowest BCUT2D eigenvalue weighted by Crippen LogP contribution is -2.52. The van der Waals surface area contributed by atoms with Crippen molar-refractivity contribution in [2.45, 2.75) is 13.0 Å². The predicted octanol–water partition coefficient (Wildman–Crippen LogP) is 4.31. The van der Waals surface area contributed by atoms with Gasteiger partial charge in [-0.2, -0.15) is 0 Å². The number of hydrogen-bond donors (Lipinski definition) is 1. The van der Waals surface area contributed by atoms with E-state index in [1.54, 1.807) is 24.8 Å². The molecule has 0 spiro atoms. The minimum Gasteiger partial charge on any atom is -0.378 e. The van der Waals surface area contributed by atoms with Gasteiger partial charge >= 0.3 is 0 Å². The Balaban J connectivity index is 1.34. The Morgan fingerprint density at radius 3 is 2.32 bits per heavy atom. The van der Waals surface area contributed by atoms with E-state index in [-0.39, 0.29) is 5.91 Å². The van der Waals surface area contributed by atoms with E-state index < -0.39 is 6.04 Å². The second-order valence-electron chi connectivity index (χ2n) is 9.18. The van der Waals surface area contributed by atoms with Crippen molar-refractivity contribution in [3.63, 3.8) is 0 Å². The monoisotopic (exact) mass is 538 g/mol. The van der Waals surface area contributed by atoms with Crippen LogP contribution >= 0.6 is 23.2 Å². The fourth-order valence-corrected chi connectivity index (χ4v) is 5.16. The van der Waals surface area contributed by atoms with Gasteiger partial charge in [0.25, 0.3) is 0 Å². The van der Waals surface area contributed by atoms with E-state index in [0.717, 1.165) is 28.5 Å². The van der Waals surface area contributed by atoms with Crippen molar-refractivity contribution in [3.8, 4) is 11.3 Å². The fourth-order valence-electron chi connectivity index (χ4n) is 4.56. The molecule has 0 aliphatic carbocycles. The van der Waals surface area contributed by atoms with E-state index in [0.29, 0.717) is 41.9 Å². The molecule has 1 unspecified atom stereocenters. The largest absolute Gasteiger partial charge is 0.378 e. The van der Waals surface area contributed by atoms with Crippen molar-refractivity contribution in [3.05, 3.63) is 65.3 Å². The average molecular weight is 539 g/mol. The minimum atomic E-state index is -0.465. The standard InChI is InChI=1S/C26H28Cl2N8O/c1-17(26(37)35-12-10-34(11-13-35)24-20(27)14-30-15-21(24)28)31-25-23(32-22-16-29-8-9-36(22)25)18-4-6-19(7-5-18)33(2)3/h4-9,14-17,31H,10-13H2,1-3H3. The van der Waals surface area contributed by atoms with E-state index in [1.165, 1.54) is 0 Å². The van der Waals surface area contributed by atoms with Crippen molar-refractivity contribution in [2.75, 3.05) is 55.4 Å². The van der Waals surface area contributed by atoms with Gasteiger partial charge in [0.1, 0.15) is 17.6 Å². The molecule has 1 fully saturated rings. The first kappa shape index (κ1) is 25.1. The predicted molar refractivity (Wildman–Crippen MR) is 149 cm³/mol. The SMILES string of the molecule is CC(Nc1c(-c2ccc(N(C)C)cc2)nc2cnccn12)C(=O)N1CCN(c2c(Cl)cncc2Cl)CC1. The third-order valence-electron chi connectivity index (χ3n) is 6.55. The number of carbonyl (C=O) groups excluding carboxylic acids is 1. The van der Waals surface area contributed by atoms with Gasteiger partial charge in [-0.05, 0) is 19.1 Å². The Kier molecular flexibility index (Phi) is 7.08. The maximum absolute atomic E-state index is 13.4. The second kappa shape index (κ2) is 10.4. The molecule has 37 heavy (non-hydrogen) atoms. The van der Waals surface area contributed by atoms with Gasteiger partial charge in [0.15, 0.2) is 5.65 Å². The lowest BCUT2D eigenvalue weighted by atomic mass is 10.1. The number of fused-ring (bicyclic) bond motifs is 1. The number of carbonyl (C=O) groups is 1. The highest BCUT2D eigenvalue weighted by atomic mass is 35.5. The zero-order chi connectivity index (χ0) is 26.1. The van der Waals surface area contributed by atoms with Crippen molar-refractivity contribution >= 4 is 51.9 Å². The molecule has 1 aliphatic heterocycles. The molecule has 5 rings (SSSR count). The summed E-state index contributed by atoms with van der Waals surface area (Å²) >= 11 is 12.7. The molecule has 0 bridgehead atoms. The molecular formula is C26H28Cl2N8O. The lowest BCUT2D eigenvalue weighted by molar-refractivity contribution is -0.131. The summed E-state index contributed by atoms with van der Waals surface area (Å²) in [5.74, 6) is 0.773. The number of amides is 1. The molecule has 4 aromatic rings. The topological polar surface area (TPSA) is 81.9 Å². The summed E-state index contributed by atoms with van der Waals surface area (Å²) in [5.41, 5.74) is 4.29. The van der Waals surface area contributed by atoms with Crippen LogP contribution < -0.4 is 15.1 Å². The summed E-state index contributed by atoms with van der Waals surface area (Å²) in [7, 11) is 4.01. The summed E-state index contributed by atoms with van der Waals surface area (Å²) in [5, 5.41) is 4.45. The fraction of sp³-hybridized carbons (Fsp3) is 0.308. The molecule has 9 nitrogen and oxygen atoms in total. The van der Waals surface area contributed by atoms with Crippen LogP contribution in [0.25, 0.3) is 16.9 Å². The maximum Gasteiger partial charge on any atom is 0.244 e. The summed E-state index contributed by atoms with van der Waals surface area (Å²) in [6.07, 6.45) is 8.44. The van der Waals surface area contributed by atoms with Crippen LogP contribution in [-0.4, -0.2) is 76.5 Å². The van der Waals surface area contributed by atoms with Crippen LogP contribution in [0.4, 0.5) is 17.2 Å². The molecule has 0 radical (unpaired) electrons. The summed E-state index contributed by atoms with van der Waals surface area (Å²) in [4.78, 5) is 32.5. The van der Waals surface area contributed by atoms with E-state index in [1.807, 2.05) is 53.5 Å². The number of rotatable bonds is 6. The van der Waals surface area contributed by atoms with E-state index in [2.05, 4.69) is 32.3 Å². The lowest BCUT2D eigenvalue weighted by Gasteiger charge is -2.37. The first-order valence-corrected chi connectivity index (χ1v) is 12.8. The molecule has 1 saturated heterocycles. The highest BCUT2D eigenvalue weighted by Gasteiger charge is 2.28. The average Bonchev–Trinajstić information content (AvgIpc) is 3.27. The van der Waals surface area contributed by atoms with Gasteiger partial charge < -0.3 is 20.0 Å². The van der Waals surface area contributed by atoms with Crippen LogP contribution in [0.15, 0.2) is 55.2 Å². The van der Waals surface area contributed by atoms with Gasteiger partial charge in [0.05, 0.1) is 21.9 Å². The number of hydrogen-bond acceptors (Lipinski definition) is 7. The maximum atomic E-state index is 13.4. The van der Waals surface area contributed by atoms with Crippen LogP contribution in [0.1, 0.15) is 6.92 Å². The number of benzene rings is 1. The van der Waals surface area contributed by atoms with E-state index >= 15 is 0 Å². The van der Waals surface area contributed by atoms with Crippen molar-refractivity contribution < 1.29 is 4.79 Å². The van der Waals surface area contributed by atoms with Crippen molar-refractivity contribution in [1.29, 1.82) is 0 Å². The van der Waals surface area contributed by atoms with Crippen LogP contribution in [0.3, 0.4) is 0 Å². The van der Waals surface area contributed by atoms with Gasteiger partial charge in [0, 0.05) is 76.3 Å². The third kappa shape index (κ3) is 5.01. The van der Waals surface area contributed by atoms with Crippen LogP contribution in [0.5, 0.6) is 0 Å². The molecule has 1 atom stereocenters. The Labute approximate surface area is 225 Å². The Morgan fingerprint density at radius 2 is 1.68 bits per heavy atom. The highest BCUT2D eigenvalue weighted by Crippen LogP contribution is 2.33. The number of aromatic nitrogens is 4. The Hall–Kier alpha value is -3.56. The van der Waals surface area contributed by atoms with Gasteiger partial charge in [-0.1, -0.05) is 35.3 Å². The normalized spacial score (nSPS) is 14.6. The molecule has 1 amide bonds. The van der Waals surface area contributed by atoms with E-state index in [9.17, 15) is 4.79 Å². The molecule has 4 heterocycles. The Morgan fingerprint density at radius 1 is 1.00 bits per heavy atom. The number of anilines is 3. The first-order valence-electron chi connectivity index (χ1n) is 12.0. The summed E-state index contributed by atoms with van der Waals surface area (Å²) in [6, 6.07) is 7.72. The summed E-state index contributed by atoms with van der Waals surface area (Å²) < 4.78 is 1.93. The molecule has 1 N–H and O–H groups in total. The number of nitrogens with zero attached hydrogens (tertiary/aromatic N) is 7. The van der Waals surface area contributed by atoms with Gasteiger partial charge in [-0.3, -0.25) is 19.2 Å². The molecule has 3 aromatic heterocycles. The van der Waals surface area contributed by atoms with Crippen LogP contribution in [-0.2, 0) is 4.79 Å². The minimum absolute atomic E-state index is 0.0180. The number of pyridine rings is 1. The molecule has 1 aromatic carbocycles. The third-order valence-corrected chi connectivity index (χ3v) is 7.10. The second-order valence-corrected chi connectivity index (χ2v) is 10.00. The molecule has 192 valence electrons. The van der Waals surface area contributed by atoms with Gasteiger partial charge in [0.2, 0.25) is 5.91 Å². The van der Waals surface area contributed by atoms with E-state index in [4.69, 9.17) is 28.2 Å². The Bertz CT molecular complexity index is 1390. The number of nitrogens with one attached hydrogen (secondary N) is 1. The number of imidazole rings is 1. The molecule has 1 aliphatic rings. The van der Waals surface area contributed by atoms with Gasteiger partial charge in [-0.25, -0.2) is 4.98 Å². The summed E-state index contributed by atoms with van der Waals surface area (Å²) in [6.45, 7) is 4.27. The highest BCUT2D eigenvalue weighted by molar-refractivity contribution is 6.38. The van der Waals surface area contributed by atoms with Gasteiger partial charge in [-0.15, -0.1) is 0 Å². The van der Waals surface area contributed by atoms with Crippen molar-refractivity contribution in [1.82, 2.24) is 24.3 Å². The molecular weight excluding hydrogens is 511 g/mol. The number of piperazine rings is 1. The number of halogens is 2. The van der Waals surface area contributed by atoms with Crippen molar-refractivity contribution in [2.24, 2.45) is 0 Å². The first-order chi connectivity index (χ1) is 17.8. The van der Waals surface area contributed by atoms with Crippen LogP contribution in [0, 0.1) is 0 Å². The van der Waals surface area contributed by atoms with Crippen LogP contribution in [0.2, 0.25) is 10.0 Å².